The van der Waals surface area contributed by atoms with Crippen molar-refractivity contribution in [2.24, 2.45) is 12.9 Å². The molecule has 110 valence electrons. The zero-order valence-electron chi connectivity index (χ0n) is 12.1. The van der Waals surface area contributed by atoms with E-state index in [9.17, 15) is 0 Å². The molecule has 0 aliphatic carbocycles. The largest absolute Gasteiger partial charge is 0.337 e. The summed E-state index contributed by atoms with van der Waals surface area (Å²) >= 11 is 3.66. The Balaban J connectivity index is 2.32. The van der Waals surface area contributed by atoms with E-state index in [0.29, 0.717) is 0 Å². The van der Waals surface area contributed by atoms with Gasteiger partial charge in [-0.05, 0) is 29.3 Å². The van der Waals surface area contributed by atoms with Gasteiger partial charge in [0, 0.05) is 32.4 Å². The monoisotopic (exact) mass is 340 g/mol. The number of hydrogen-bond acceptors (Lipinski definition) is 4. The molecule has 2 heterocycles. The number of imidazole rings is 1. The van der Waals surface area contributed by atoms with E-state index >= 15 is 0 Å². The highest BCUT2D eigenvalue weighted by molar-refractivity contribution is 9.10. The zero-order valence-corrected chi connectivity index (χ0v) is 13.7. The Morgan fingerprint density at radius 1 is 1.45 bits per heavy atom. The summed E-state index contributed by atoms with van der Waals surface area (Å²) in [6, 6.07) is -0.0435. The smallest absolute Gasteiger partial charge is 0.127 e. The lowest BCUT2D eigenvalue weighted by molar-refractivity contribution is 0.483. The summed E-state index contributed by atoms with van der Waals surface area (Å²) in [5.41, 5.74) is 5.08. The van der Waals surface area contributed by atoms with Crippen LogP contribution in [0.5, 0.6) is 0 Å². The van der Waals surface area contributed by atoms with Gasteiger partial charge in [0.2, 0.25) is 0 Å². The van der Waals surface area contributed by atoms with Gasteiger partial charge in [-0.1, -0.05) is 6.92 Å². The van der Waals surface area contributed by atoms with Crippen molar-refractivity contribution in [1.29, 1.82) is 0 Å². The molecule has 2 rings (SSSR count). The number of hydrazine groups is 1. The van der Waals surface area contributed by atoms with Gasteiger partial charge in [0.05, 0.1) is 21.9 Å². The second-order valence-corrected chi connectivity index (χ2v) is 5.49. The zero-order chi connectivity index (χ0) is 14.7. The second-order valence-electron chi connectivity index (χ2n) is 4.70. The topological polar surface area (TPSA) is 73.7 Å². The first-order chi connectivity index (χ1) is 9.62. The summed E-state index contributed by atoms with van der Waals surface area (Å²) in [5.74, 6) is 6.63. The molecular formula is C13H21BrN6. The van der Waals surface area contributed by atoms with Crippen molar-refractivity contribution in [3.05, 3.63) is 34.1 Å². The fourth-order valence-electron chi connectivity index (χ4n) is 2.34. The van der Waals surface area contributed by atoms with Crippen LogP contribution < -0.4 is 11.3 Å². The molecule has 0 spiro atoms. The van der Waals surface area contributed by atoms with Gasteiger partial charge in [0.15, 0.2) is 0 Å². The van der Waals surface area contributed by atoms with Gasteiger partial charge in [-0.15, -0.1) is 0 Å². The van der Waals surface area contributed by atoms with Crippen LogP contribution in [-0.2, 0) is 26.4 Å². The quantitative estimate of drug-likeness (QED) is 0.620. The number of aromatic nitrogens is 4. The molecule has 0 saturated heterocycles. The molecule has 0 radical (unpaired) electrons. The van der Waals surface area contributed by atoms with Gasteiger partial charge in [-0.2, -0.15) is 5.10 Å². The van der Waals surface area contributed by atoms with E-state index in [1.165, 1.54) is 0 Å². The Morgan fingerprint density at radius 2 is 2.20 bits per heavy atom. The fraction of sp³-hybridized carbons (Fsp3) is 0.538. The third kappa shape index (κ3) is 2.79. The maximum absolute atomic E-state index is 5.71. The first-order valence-electron chi connectivity index (χ1n) is 6.79. The van der Waals surface area contributed by atoms with E-state index < -0.39 is 0 Å². The number of nitrogens with one attached hydrogen (secondary N) is 1. The van der Waals surface area contributed by atoms with Gasteiger partial charge in [0.25, 0.3) is 0 Å². The number of halogens is 1. The summed E-state index contributed by atoms with van der Waals surface area (Å²) in [6.45, 7) is 5.04. The average Bonchev–Trinajstić information content (AvgIpc) is 3.00. The Hall–Kier alpha value is -1.18. The molecule has 1 unspecified atom stereocenters. The van der Waals surface area contributed by atoms with Gasteiger partial charge in [-0.25, -0.2) is 10.4 Å². The molecule has 0 amide bonds. The number of aryl methyl sites for hydroxylation is 3. The highest BCUT2D eigenvalue weighted by Gasteiger charge is 2.21. The number of nitrogens with zero attached hydrogens (tertiary/aromatic N) is 4. The molecule has 7 heteroatoms. The van der Waals surface area contributed by atoms with Gasteiger partial charge in [0.1, 0.15) is 5.82 Å². The Bertz CT molecular complexity index is 573. The molecule has 0 aliphatic rings. The summed E-state index contributed by atoms with van der Waals surface area (Å²) in [6.07, 6.45) is 5.35. The molecule has 2 aromatic rings. The molecule has 0 saturated carbocycles. The number of rotatable bonds is 6. The highest BCUT2D eigenvalue weighted by atomic mass is 79.9. The predicted octanol–water partition coefficient (Wildman–Crippen LogP) is 1.71. The van der Waals surface area contributed by atoms with Crippen LogP contribution >= 0.6 is 15.9 Å². The van der Waals surface area contributed by atoms with Crippen LogP contribution in [0.2, 0.25) is 0 Å². The maximum atomic E-state index is 5.71. The van der Waals surface area contributed by atoms with Crippen molar-refractivity contribution in [3.63, 3.8) is 0 Å². The second kappa shape index (κ2) is 6.51. The minimum atomic E-state index is -0.0435. The van der Waals surface area contributed by atoms with Gasteiger partial charge < -0.3 is 4.57 Å². The van der Waals surface area contributed by atoms with Crippen molar-refractivity contribution in [2.45, 2.75) is 39.3 Å². The van der Waals surface area contributed by atoms with Crippen molar-refractivity contribution in [2.75, 3.05) is 0 Å². The van der Waals surface area contributed by atoms with E-state index in [0.717, 1.165) is 41.1 Å². The minimum Gasteiger partial charge on any atom is -0.337 e. The summed E-state index contributed by atoms with van der Waals surface area (Å²) in [5, 5.41) is 4.61. The van der Waals surface area contributed by atoms with Crippen LogP contribution in [0.25, 0.3) is 0 Å². The van der Waals surface area contributed by atoms with E-state index in [1.807, 2.05) is 22.5 Å². The summed E-state index contributed by atoms with van der Waals surface area (Å²) in [4.78, 5) is 4.37. The summed E-state index contributed by atoms with van der Waals surface area (Å²) in [7, 11) is 1.97. The molecule has 0 aromatic carbocycles. The third-order valence-electron chi connectivity index (χ3n) is 3.46. The van der Waals surface area contributed by atoms with Gasteiger partial charge in [-0.3, -0.25) is 10.5 Å². The highest BCUT2D eigenvalue weighted by Crippen LogP contribution is 2.26. The Labute approximate surface area is 127 Å². The lowest BCUT2D eigenvalue weighted by atomic mass is 10.1. The van der Waals surface area contributed by atoms with Crippen molar-refractivity contribution >= 4 is 15.9 Å². The molecule has 0 bridgehead atoms. The molecule has 2 aromatic heterocycles. The van der Waals surface area contributed by atoms with Crippen LogP contribution in [0.3, 0.4) is 0 Å². The average molecular weight is 341 g/mol. The molecule has 0 aliphatic heterocycles. The molecule has 1 atom stereocenters. The summed E-state index contributed by atoms with van der Waals surface area (Å²) < 4.78 is 5.08. The predicted molar refractivity (Wildman–Crippen MR) is 82.0 cm³/mol. The number of nitrogens with two attached hydrogens (primary N) is 1. The van der Waals surface area contributed by atoms with Crippen molar-refractivity contribution < 1.29 is 0 Å². The first kappa shape index (κ1) is 15.2. The van der Waals surface area contributed by atoms with E-state index in [4.69, 9.17) is 5.84 Å². The molecular weight excluding hydrogens is 320 g/mol. The van der Waals surface area contributed by atoms with Crippen LogP contribution in [0.4, 0.5) is 0 Å². The van der Waals surface area contributed by atoms with Crippen LogP contribution in [0.15, 0.2) is 16.9 Å². The third-order valence-corrected chi connectivity index (χ3v) is 4.38. The van der Waals surface area contributed by atoms with E-state index in [2.05, 4.69) is 45.3 Å². The normalized spacial score (nSPS) is 12.8. The SMILES string of the molecule is CCc1nn(CC)c(CC(NN)c2nccn2C)c1Br. The molecule has 3 N–H and O–H groups in total. The fourth-order valence-corrected chi connectivity index (χ4v) is 3.07. The Morgan fingerprint density at radius 3 is 2.70 bits per heavy atom. The number of hydrogen-bond donors (Lipinski definition) is 2. The van der Waals surface area contributed by atoms with Gasteiger partial charge >= 0.3 is 0 Å². The van der Waals surface area contributed by atoms with E-state index in [1.54, 1.807) is 6.20 Å². The Kier molecular flexibility index (Phi) is 4.95. The van der Waals surface area contributed by atoms with Crippen molar-refractivity contribution in [3.8, 4) is 0 Å². The lowest BCUT2D eigenvalue weighted by Gasteiger charge is -2.16. The van der Waals surface area contributed by atoms with E-state index in [-0.39, 0.29) is 6.04 Å². The molecule has 0 fully saturated rings. The van der Waals surface area contributed by atoms with Crippen LogP contribution in [0, 0.1) is 0 Å². The lowest BCUT2D eigenvalue weighted by Crippen LogP contribution is -2.32. The van der Waals surface area contributed by atoms with Crippen LogP contribution in [0.1, 0.15) is 37.1 Å². The van der Waals surface area contributed by atoms with Crippen LogP contribution in [-0.4, -0.2) is 19.3 Å². The molecule has 6 nitrogen and oxygen atoms in total. The standard InChI is InChI=1S/C13H21BrN6/c1-4-9-12(14)11(20(5-2)18-9)8-10(17-15)13-16-6-7-19(13)3/h6-7,10,17H,4-5,8,15H2,1-3H3. The first-order valence-corrected chi connectivity index (χ1v) is 7.59. The minimum absolute atomic E-state index is 0.0435. The van der Waals surface area contributed by atoms with Crippen molar-refractivity contribution in [1.82, 2.24) is 24.8 Å². The maximum Gasteiger partial charge on any atom is 0.127 e. The molecule has 20 heavy (non-hydrogen) atoms.